The average Bonchev–Trinajstić information content (AvgIpc) is 3.43. The molecular formula is C27H27FN6O2. The zero-order chi connectivity index (χ0) is 25.6. The fourth-order valence-electron chi connectivity index (χ4n) is 4.46. The minimum atomic E-state index is -0.489. The molecule has 3 heterocycles. The number of benzene rings is 2. The number of carbonyl (C=O) groups excluding carboxylic acids is 2. The Morgan fingerprint density at radius 2 is 2.03 bits per heavy atom. The van der Waals surface area contributed by atoms with Crippen molar-refractivity contribution in [3.05, 3.63) is 65.2 Å². The van der Waals surface area contributed by atoms with Gasteiger partial charge in [-0.1, -0.05) is 12.1 Å². The van der Waals surface area contributed by atoms with Gasteiger partial charge in [0.15, 0.2) is 5.82 Å². The van der Waals surface area contributed by atoms with Gasteiger partial charge in [0.05, 0.1) is 29.6 Å². The van der Waals surface area contributed by atoms with E-state index in [2.05, 4.69) is 20.9 Å². The Bertz CT molecular complexity index is 1520. The number of pyridine rings is 1. The molecule has 0 radical (unpaired) electrons. The number of halogens is 1. The number of aryl methyl sites for hydroxylation is 1. The highest BCUT2D eigenvalue weighted by atomic mass is 19.1. The van der Waals surface area contributed by atoms with E-state index < -0.39 is 5.82 Å². The van der Waals surface area contributed by atoms with Crippen LogP contribution in [0.2, 0.25) is 0 Å². The third-order valence-electron chi connectivity index (χ3n) is 6.29. The number of carbonyl (C=O) groups is 2. The van der Waals surface area contributed by atoms with Crippen LogP contribution in [0, 0.1) is 12.7 Å². The van der Waals surface area contributed by atoms with Crippen LogP contribution in [0.15, 0.2) is 42.7 Å². The molecule has 0 aliphatic carbocycles. The molecule has 5 rings (SSSR count). The number of nitrogens with zero attached hydrogens (tertiary/aromatic N) is 3. The molecule has 0 saturated heterocycles. The molecule has 1 aliphatic rings. The van der Waals surface area contributed by atoms with Crippen molar-refractivity contribution >= 4 is 40.0 Å². The summed E-state index contributed by atoms with van der Waals surface area (Å²) in [5, 5.41) is 8.77. The lowest BCUT2D eigenvalue weighted by atomic mass is 10.1. The molecular weight excluding hydrogens is 459 g/mol. The predicted octanol–water partition coefficient (Wildman–Crippen LogP) is 5.11. The van der Waals surface area contributed by atoms with Gasteiger partial charge in [-0.15, -0.1) is 0 Å². The van der Waals surface area contributed by atoms with Crippen LogP contribution in [0.5, 0.6) is 0 Å². The second-order valence-corrected chi connectivity index (χ2v) is 9.20. The van der Waals surface area contributed by atoms with Gasteiger partial charge in [-0.25, -0.2) is 14.4 Å². The van der Waals surface area contributed by atoms with E-state index in [1.165, 1.54) is 12.1 Å². The molecule has 4 aromatic rings. The SMILES string of the molecule is CCNC(=O)c1cc(Nc2nc(-c3ccc4c(c3)NC(=O)C4)cc3ncn(C(C)C)c23)c(F)cc1C. The highest BCUT2D eigenvalue weighted by Crippen LogP contribution is 2.34. The van der Waals surface area contributed by atoms with Crippen LogP contribution in [-0.2, 0) is 11.2 Å². The van der Waals surface area contributed by atoms with Crippen LogP contribution in [-0.4, -0.2) is 32.9 Å². The summed E-state index contributed by atoms with van der Waals surface area (Å²) in [6.45, 7) is 8.06. The Morgan fingerprint density at radius 1 is 1.22 bits per heavy atom. The molecule has 8 nitrogen and oxygen atoms in total. The Morgan fingerprint density at radius 3 is 2.78 bits per heavy atom. The van der Waals surface area contributed by atoms with Gasteiger partial charge >= 0.3 is 0 Å². The number of fused-ring (bicyclic) bond motifs is 2. The fraction of sp³-hybridized carbons (Fsp3) is 0.259. The molecule has 1 aliphatic heterocycles. The lowest BCUT2D eigenvalue weighted by Crippen LogP contribution is -2.23. The lowest BCUT2D eigenvalue weighted by molar-refractivity contribution is -0.115. The third kappa shape index (κ3) is 4.17. The van der Waals surface area contributed by atoms with Crippen molar-refractivity contribution in [2.45, 2.75) is 40.2 Å². The monoisotopic (exact) mass is 486 g/mol. The van der Waals surface area contributed by atoms with Crippen LogP contribution in [0.3, 0.4) is 0 Å². The number of imidazole rings is 1. The molecule has 3 N–H and O–H groups in total. The zero-order valence-electron chi connectivity index (χ0n) is 20.6. The van der Waals surface area contributed by atoms with Gasteiger partial charge < -0.3 is 20.5 Å². The summed E-state index contributed by atoms with van der Waals surface area (Å²) in [6, 6.07) is 10.5. The first-order valence-electron chi connectivity index (χ1n) is 11.9. The summed E-state index contributed by atoms with van der Waals surface area (Å²) in [4.78, 5) is 33.8. The second kappa shape index (κ2) is 9.07. The van der Waals surface area contributed by atoms with Gasteiger partial charge in [0, 0.05) is 29.4 Å². The molecule has 0 saturated carbocycles. The molecule has 2 amide bonds. The van der Waals surface area contributed by atoms with Crippen molar-refractivity contribution in [2.24, 2.45) is 0 Å². The van der Waals surface area contributed by atoms with Crippen LogP contribution in [0.1, 0.15) is 48.3 Å². The number of anilines is 3. The van der Waals surface area contributed by atoms with Crippen LogP contribution < -0.4 is 16.0 Å². The Kier molecular flexibility index (Phi) is 5.91. The van der Waals surface area contributed by atoms with E-state index >= 15 is 4.39 Å². The highest BCUT2D eigenvalue weighted by Gasteiger charge is 2.21. The molecule has 184 valence electrons. The van der Waals surface area contributed by atoms with Crippen molar-refractivity contribution in [1.29, 1.82) is 0 Å². The van der Waals surface area contributed by atoms with Crippen LogP contribution >= 0.6 is 0 Å². The largest absolute Gasteiger partial charge is 0.352 e. The average molecular weight is 487 g/mol. The molecule has 2 aromatic carbocycles. The van der Waals surface area contributed by atoms with Gasteiger partial charge in [0.2, 0.25) is 5.91 Å². The van der Waals surface area contributed by atoms with Gasteiger partial charge in [-0.3, -0.25) is 9.59 Å². The maximum Gasteiger partial charge on any atom is 0.251 e. The summed E-state index contributed by atoms with van der Waals surface area (Å²) < 4.78 is 17.0. The van der Waals surface area contributed by atoms with Crippen molar-refractivity contribution < 1.29 is 14.0 Å². The summed E-state index contributed by atoms with van der Waals surface area (Å²) in [5.74, 6) is -0.377. The minimum absolute atomic E-state index is 0.0404. The van der Waals surface area contributed by atoms with E-state index in [9.17, 15) is 9.59 Å². The first-order chi connectivity index (χ1) is 17.2. The standard InChI is InChI=1S/C27H27FN6O2/c1-5-29-27(36)18-11-22(19(28)8-15(18)4)33-26-25-23(30-13-34(25)14(2)3)12-21(32-26)16-6-7-17-10-24(35)31-20(17)9-16/h6-9,11-14H,5,10H2,1-4H3,(H,29,36)(H,31,35)(H,32,33). The van der Waals surface area contributed by atoms with Gasteiger partial charge in [0.1, 0.15) is 11.3 Å². The number of hydrogen-bond acceptors (Lipinski definition) is 5. The first kappa shape index (κ1) is 23.5. The normalized spacial score (nSPS) is 12.7. The Balaban J connectivity index is 1.64. The van der Waals surface area contributed by atoms with Gasteiger partial charge in [-0.2, -0.15) is 0 Å². The topological polar surface area (TPSA) is 101 Å². The Hall–Kier alpha value is -4.27. The van der Waals surface area contributed by atoms with Crippen molar-refractivity contribution in [2.75, 3.05) is 17.2 Å². The predicted molar refractivity (Wildman–Crippen MR) is 138 cm³/mol. The van der Waals surface area contributed by atoms with Gasteiger partial charge in [-0.05, 0) is 63.1 Å². The Labute approximate surface area is 208 Å². The highest BCUT2D eigenvalue weighted by molar-refractivity contribution is 6.00. The third-order valence-corrected chi connectivity index (χ3v) is 6.29. The van der Waals surface area contributed by atoms with E-state index in [0.29, 0.717) is 41.1 Å². The first-order valence-corrected chi connectivity index (χ1v) is 11.9. The maximum absolute atomic E-state index is 15.1. The van der Waals surface area contributed by atoms with Crippen molar-refractivity contribution in [1.82, 2.24) is 19.9 Å². The second-order valence-electron chi connectivity index (χ2n) is 9.20. The van der Waals surface area contributed by atoms with Gasteiger partial charge in [0.25, 0.3) is 5.91 Å². The minimum Gasteiger partial charge on any atom is -0.352 e. The lowest BCUT2D eigenvalue weighted by Gasteiger charge is -2.16. The number of hydrogen-bond donors (Lipinski definition) is 3. The molecule has 0 bridgehead atoms. The molecule has 36 heavy (non-hydrogen) atoms. The summed E-state index contributed by atoms with van der Waals surface area (Å²) in [6.07, 6.45) is 2.09. The van der Waals surface area contributed by atoms with E-state index in [1.807, 2.05) is 49.6 Å². The molecule has 9 heteroatoms. The molecule has 0 atom stereocenters. The summed E-state index contributed by atoms with van der Waals surface area (Å²) >= 11 is 0. The molecule has 2 aromatic heterocycles. The van der Waals surface area contributed by atoms with Crippen molar-refractivity contribution in [3.8, 4) is 11.3 Å². The van der Waals surface area contributed by atoms with Crippen molar-refractivity contribution in [3.63, 3.8) is 0 Å². The number of amides is 2. The van der Waals surface area contributed by atoms with Crippen LogP contribution in [0.25, 0.3) is 22.3 Å². The smallest absolute Gasteiger partial charge is 0.251 e. The summed E-state index contributed by atoms with van der Waals surface area (Å²) in [7, 11) is 0. The number of aromatic nitrogens is 3. The quantitative estimate of drug-likeness (QED) is 0.351. The molecule has 0 spiro atoms. The van der Waals surface area contributed by atoms with E-state index in [1.54, 1.807) is 13.3 Å². The number of nitrogens with one attached hydrogen (secondary N) is 3. The summed E-state index contributed by atoms with van der Waals surface area (Å²) in [5.41, 5.74) is 5.62. The molecule has 0 unspecified atom stereocenters. The fourth-order valence-corrected chi connectivity index (χ4v) is 4.46. The zero-order valence-corrected chi connectivity index (χ0v) is 20.6. The maximum atomic E-state index is 15.1. The van der Waals surface area contributed by atoms with E-state index in [0.717, 1.165) is 22.3 Å². The van der Waals surface area contributed by atoms with Crippen LogP contribution in [0.4, 0.5) is 21.6 Å². The molecule has 0 fully saturated rings. The number of rotatable bonds is 6. The van der Waals surface area contributed by atoms with E-state index in [-0.39, 0.29) is 23.5 Å². The van der Waals surface area contributed by atoms with E-state index in [4.69, 9.17) is 4.98 Å².